The van der Waals surface area contributed by atoms with Gasteiger partial charge in [0.15, 0.2) is 0 Å². The van der Waals surface area contributed by atoms with Crippen molar-refractivity contribution in [2.45, 2.75) is 0 Å². The second-order valence-corrected chi connectivity index (χ2v) is 3.95. The molecule has 1 aromatic heterocycles. The highest BCUT2D eigenvalue weighted by Gasteiger charge is 2.11. The normalized spacial score (nSPS) is 10.5. The van der Waals surface area contributed by atoms with Crippen molar-refractivity contribution in [3.05, 3.63) is 22.8 Å². The number of nitrogens with two attached hydrogens (primary N) is 2. The van der Waals surface area contributed by atoms with Crippen LogP contribution in [-0.2, 0) is 0 Å². The van der Waals surface area contributed by atoms with Gasteiger partial charge >= 0.3 is 0 Å². The van der Waals surface area contributed by atoms with Crippen LogP contribution in [0.1, 0.15) is 0 Å². The summed E-state index contributed by atoms with van der Waals surface area (Å²) in [5.41, 5.74) is 13.3. The van der Waals surface area contributed by atoms with Crippen molar-refractivity contribution >= 4 is 38.2 Å². The Morgan fingerprint density at radius 2 is 2.07 bits per heavy atom. The lowest BCUT2D eigenvalue weighted by atomic mass is 10.1. The largest absolute Gasteiger partial charge is 0.496 e. The molecule has 4 N–H and O–H groups in total. The van der Waals surface area contributed by atoms with Gasteiger partial charge in [-0.3, -0.25) is 4.98 Å². The fourth-order valence-corrected chi connectivity index (χ4v) is 1.88. The molecule has 15 heavy (non-hydrogen) atoms. The zero-order chi connectivity index (χ0) is 11.0. The lowest BCUT2D eigenvalue weighted by Crippen LogP contribution is -1.99. The number of rotatable bonds is 1. The number of fused-ring (bicyclic) bond motifs is 1. The van der Waals surface area contributed by atoms with Crippen molar-refractivity contribution in [1.82, 2.24) is 4.98 Å². The number of hydrogen-bond donors (Lipinski definition) is 2. The smallest absolute Gasteiger partial charge is 0.130 e. The van der Waals surface area contributed by atoms with E-state index in [-0.39, 0.29) is 0 Å². The summed E-state index contributed by atoms with van der Waals surface area (Å²) in [6.07, 6.45) is 1.54. The molecule has 0 aliphatic heterocycles. The van der Waals surface area contributed by atoms with Gasteiger partial charge in [-0.2, -0.15) is 0 Å². The zero-order valence-electron chi connectivity index (χ0n) is 8.12. The van der Waals surface area contributed by atoms with Gasteiger partial charge < -0.3 is 16.2 Å². The van der Waals surface area contributed by atoms with E-state index in [2.05, 4.69) is 20.9 Å². The minimum absolute atomic E-state index is 0.457. The lowest BCUT2D eigenvalue weighted by Gasteiger charge is -2.10. The van der Waals surface area contributed by atoms with Crippen LogP contribution in [0.4, 0.5) is 11.4 Å². The van der Waals surface area contributed by atoms with Gasteiger partial charge in [0.2, 0.25) is 0 Å². The molecule has 0 amide bonds. The molecule has 2 aromatic rings. The van der Waals surface area contributed by atoms with Crippen LogP contribution in [0.5, 0.6) is 5.75 Å². The molecule has 2 rings (SSSR count). The fraction of sp³-hybridized carbons (Fsp3) is 0.100. The maximum absolute atomic E-state index is 5.90. The van der Waals surface area contributed by atoms with Gasteiger partial charge in [0.1, 0.15) is 5.75 Å². The molecule has 0 aliphatic rings. The third-order valence-electron chi connectivity index (χ3n) is 2.22. The van der Waals surface area contributed by atoms with Gasteiger partial charge in [0.25, 0.3) is 0 Å². The van der Waals surface area contributed by atoms with Crippen LogP contribution in [0.3, 0.4) is 0 Å². The first kappa shape index (κ1) is 10.0. The van der Waals surface area contributed by atoms with E-state index >= 15 is 0 Å². The SMILES string of the molecule is COc1ccc(Br)c2ncc(N)c(N)c12. The molecule has 78 valence electrons. The molecule has 5 heteroatoms. The molecule has 1 heterocycles. The standard InChI is InChI=1S/C10H10BrN3O/c1-15-7-3-2-5(11)10-8(7)9(13)6(12)4-14-10/h2-4H,12H2,1H3,(H2,13,14). The molecule has 0 fully saturated rings. The van der Waals surface area contributed by atoms with Crippen molar-refractivity contribution < 1.29 is 4.74 Å². The fourth-order valence-electron chi connectivity index (χ4n) is 1.45. The number of pyridine rings is 1. The summed E-state index contributed by atoms with van der Waals surface area (Å²) in [5, 5.41) is 0.742. The van der Waals surface area contributed by atoms with E-state index in [0.717, 1.165) is 15.4 Å². The van der Waals surface area contributed by atoms with Crippen molar-refractivity contribution in [1.29, 1.82) is 0 Å². The Labute approximate surface area is 95.4 Å². The number of ether oxygens (including phenoxy) is 1. The maximum Gasteiger partial charge on any atom is 0.130 e. The second kappa shape index (κ2) is 3.58. The summed E-state index contributed by atoms with van der Waals surface area (Å²) >= 11 is 3.40. The lowest BCUT2D eigenvalue weighted by molar-refractivity contribution is 0.420. The minimum atomic E-state index is 0.457. The van der Waals surface area contributed by atoms with Gasteiger partial charge in [0, 0.05) is 4.47 Å². The van der Waals surface area contributed by atoms with Crippen LogP contribution in [0, 0.1) is 0 Å². The Kier molecular flexibility index (Phi) is 2.40. The molecular formula is C10H10BrN3O. The molecule has 0 atom stereocenters. The quantitative estimate of drug-likeness (QED) is 0.831. The number of methoxy groups -OCH3 is 1. The predicted octanol–water partition coefficient (Wildman–Crippen LogP) is 2.17. The first-order valence-corrected chi connectivity index (χ1v) is 5.10. The molecule has 0 saturated heterocycles. The topological polar surface area (TPSA) is 74.2 Å². The summed E-state index contributed by atoms with van der Waals surface area (Å²) in [4.78, 5) is 4.22. The Bertz CT molecular complexity index is 528. The van der Waals surface area contributed by atoms with E-state index in [1.807, 2.05) is 12.1 Å². The number of anilines is 2. The summed E-state index contributed by atoms with van der Waals surface area (Å²) in [6.45, 7) is 0. The van der Waals surface area contributed by atoms with Crippen LogP contribution in [-0.4, -0.2) is 12.1 Å². The number of benzene rings is 1. The number of nitrogen functional groups attached to an aromatic ring is 2. The van der Waals surface area contributed by atoms with E-state index in [4.69, 9.17) is 16.2 Å². The monoisotopic (exact) mass is 267 g/mol. The molecule has 0 saturated carbocycles. The molecular weight excluding hydrogens is 258 g/mol. The molecule has 1 aromatic carbocycles. The maximum atomic E-state index is 5.90. The van der Waals surface area contributed by atoms with Gasteiger partial charge in [-0.25, -0.2) is 0 Å². The van der Waals surface area contributed by atoms with E-state index in [9.17, 15) is 0 Å². The molecule has 0 radical (unpaired) electrons. The highest BCUT2D eigenvalue weighted by atomic mass is 79.9. The summed E-state index contributed by atoms with van der Waals surface area (Å²) < 4.78 is 6.09. The third kappa shape index (κ3) is 1.48. The van der Waals surface area contributed by atoms with Gasteiger partial charge in [-0.05, 0) is 28.1 Å². The Morgan fingerprint density at radius 1 is 1.33 bits per heavy atom. The van der Waals surface area contributed by atoms with Crippen LogP contribution in [0.15, 0.2) is 22.8 Å². The number of nitrogens with zero attached hydrogens (tertiary/aromatic N) is 1. The van der Waals surface area contributed by atoms with Gasteiger partial charge in [0.05, 0.1) is 35.6 Å². The summed E-state index contributed by atoms with van der Waals surface area (Å²) in [5.74, 6) is 0.672. The van der Waals surface area contributed by atoms with Crippen LogP contribution in [0.25, 0.3) is 10.9 Å². The molecule has 0 unspecified atom stereocenters. The highest BCUT2D eigenvalue weighted by molar-refractivity contribution is 9.10. The Hall–Kier alpha value is -1.49. The molecule has 0 aliphatic carbocycles. The van der Waals surface area contributed by atoms with Crippen LogP contribution >= 0.6 is 15.9 Å². The third-order valence-corrected chi connectivity index (χ3v) is 2.86. The van der Waals surface area contributed by atoms with Crippen molar-refractivity contribution in [3.8, 4) is 5.75 Å². The van der Waals surface area contributed by atoms with E-state index < -0.39 is 0 Å². The molecule has 0 spiro atoms. The van der Waals surface area contributed by atoms with Gasteiger partial charge in [-0.1, -0.05) is 0 Å². The first-order chi connectivity index (χ1) is 7.15. The number of halogens is 1. The second-order valence-electron chi connectivity index (χ2n) is 3.10. The average molecular weight is 268 g/mol. The summed E-state index contributed by atoms with van der Waals surface area (Å²) in [6, 6.07) is 3.69. The van der Waals surface area contributed by atoms with Crippen molar-refractivity contribution in [2.75, 3.05) is 18.6 Å². The average Bonchev–Trinajstić information content (AvgIpc) is 2.24. The predicted molar refractivity (Wildman–Crippen MR) is 64.8 cm³/mol. The minimum Gasteiger partial charge on any atom is -0.496 e. The van der Waals surface area contributed by atoms with Gasteiger partial charge in [-0.15, -0.1) is 0 Å². The number of aromatic nitrogens is 1. The van der Waals surface area contributed by atoms with Crippen LogP contribution in [0.2, 0.25) is 0 Å². The van der Waals surface area contributed by atoms with Crippen molar-refractivity contribution in [3.63, 3.8) is 0 Å². The summed E-state index contributed by atoms with van der Waals surface area (Å²) in [7, 11) is 1.59. The molecule has 0 bridgehead atoms. The van der Waals surface area contributed by atoms with E-state index in [1.165, 1.54) is 0 Å². The van der Waals surface area contributed by atoms with Crippen LogP contribution < -0.4 is 16.2 Å². The van der Waals surface area contributed by atoms with Crippen molar-refractivity contribution in [2.24, 2.45) is 0 Å². The molecule has 4 nitrogen and oxygen atoms in total. The first-order valence-electron chi connectivity index (χ1n) is 4.31. The highest BCUT2D eigenvalue weighted by Crippen LogP contribution is 2.36. The van der Waals surface area contributed by atoms with E-state index in [0.29, 0.717) is 17.1 Å². The Balaban J connectivity index is 2.95. The van der Waals surface area contributed by atoms with E-state index in [1.54, 1.807) is 13.3 Å². The zero-order valence-corrected chi connectivity index (χ0v) is 9.71. The number of hydrogen-bond acceptors (Lipinski definition) is 4. The Morgan fingerprint density at radius 3 is 2.73 bits per heavy atom.